The molecule has 0 radical (unpaired) electrons. The second kappa shape index (κ2) is 8.16. The van der Waals surface area contributed by atoms with Crippen molar-refractivity contribution in [2.45, 2.75) is 13.3 Å². The van der Waals surface area contributed by atoms with Gasteiger partial charge in [0, 0.05) is 50.7 Å². The predicted molar refractivity (Wildman–Crippen MR) is 64.7 cm³/mol. The number of hydrogen-bond donors (Lipinski definition) is 1. The molecule has 0 amide bonds. The Morgan fingerprint density at radius 1 is 1.29 bits per heavy atom. The van der Waals surface area contributed by atoms with E-state index in [9.17, 15) is 0 Å². The standard InChI is InChI=1S/C11H20N2S/c1-2-3-4-5-12-6-7-13-8-10-14-11-9-13/h12H,4-11H2,1H3. The van der Waals surface area contributed by atoms with Gasteiger partial charge in [0.25, 0.3) is 0 Å². The lowest BCUT2D eigenvalue weighted by Crippen LogP contribution is -2.37. The lowest BCUT2D eigenvalue weighted by Gasteiger charge is -2.25. The van der Waals surface area contributed by atoms with Gasteiger partial charge in [-0.25, -0.2) is 0 Å². The Balaban J connectivity index is 1.89. The summed E-state index contributed by atoms with van der Waals surface area (Å²) in [6, 6.07) is 0. The number of thioether (sulfide) groups is 1. The van der Waals surface area contributed by atoms with Crippen molar-refractivity contribution < 1.29 is 0 Å². The Kier molecular flexibility index (Phi) is 6.94. The predicted octanol–water partition coefficient (Wildman–Crippen LogP) is 1.04. The van der Waals surface area contributed by atoms with E-state index in [-0.39, 0.29) is 0 Å². The van der Waals surface area contributed by atoms with E-state index in [0.717, 1.165) is 19.5 Å². The van der Waals surface area contributed by atoms with E-state index in [4.69, 9.17) is 0 Å². The number of hydrogen-bond acceptors (Lipinski definition) is 3. The molecule has 0 aromatic heterocycles. The van der Waals surface area contributed by atoms with Crippen molar-refractivity contribution in [3.05, 3.63) is 0 Å². The van der Waals surface area contributed by atoms with E-state index in [1.807, 2.05) is 6.92 Å². The van der Waals surface area contributed by atoms with Crippen LogP contribution in [0.25, 0.3) is 0 Å². The van der Waals surface area contributed by atoms with E-state index in [0.29, 0.717) is 0 Å². The van der Waals surface area contributed by atoms with Crippen molar-refractivity contribution in [2.75, 3.05) is 44.2 Å². The van der Waals surface area contributed by atoms with Crippen molar-refractivity contribution in [2.24, 2.45) is 0 Å². The summed E-state index contributed by atoms with van der Waals surface area (Å²) in [4.78, 5) is 2.54. The van der Waals surface area contributed by atoms with Crippen LogP contribution in [-0.4, -0.2) is 49.1 Å². The summed E-state index contributed by atoms with van der Waals surface area (Å²) >= 11 is 2.07. The second-order valence-corrected chi connectivity index (χ2v) is 4.61. The molecule has 14 heavy (non-hydrogen) atoms. The molecule has 1 rings (SSSR count). The first kappa shape index (κ1) is 11.9. The van der Waals surface area contributed by atoms with Gasteiger partial charge in [0.1, 0.15) is 0 Å². The lowest BCUT2D eigenvalue weighted by atomic mass is 10.4. The SMILES string of the molecule is CC#CCCNCCN1CCSCC1. The highest BCUT2D eigenvalue weighted by molar-refractivity contribution is 7.99. The molecule has 1 fully saturated rings. The van der Waals surface area contributed by atoms with E-state index >= 15 is 0 Å². The number of nitrogens with zero attached hydrogens (tertiary/aromatic N) is 1. The summed E-state index contributed by atoms with van der Waals surface area (Å²) in [5.41, 5.74) is 0. The molecule has 1 aliphatic heterocycles. The smallest absolute Gasteiger partial charge is 0.0214 e. The van der Waals surface area contributed by atoms with Crippen LogP contribution in [0.3, 0.4) is 0 Å². The summed E-state index contributed by atoms with van der Waals surface area (Å²) in [6.45, 7) is 7.76. The minimum atomic E-state index is 0.979. The van der Waals surface area contributed by atoms with Crippen LogP contribution in [0.15, 0.2) is 0 Å². The van der Waals surface area contributed by atoms with Crippen LogP contribution >= 0.6 is 11.8 Å². The first-order valence-corrected chi connectivity index (χ1v) is 6.49. The van der Waals surface area contributed by atoms with E-state index in [1.165, 1.54) is 31.1 Å². The van der Waals surface area contributed by atoms with Gasteiger partial charge >= 0.3 is 0 Å². The maximum absolute atomic E-state index is 3.42. The maximum Gasteiger partial charge on any atom is 0.0214 e. The Morgan fingerprint density at radius 3 is 2.79 bits per heavy atom. The molecular formula is C11H20N2S. The van der Waals surface area contributed by atoms with Crippen LogP contribution in [0.4, 0.5) is 0 Å². The van der Waals surface area contributed by atoms with E-state index in [1.54, 1.807) is 0 Å². The highest BCUT2D eigenvalue weighted by Crippen LogP contribution is 2.07. The first-order valence-electron chi connectivity index (χ1n) is 5.34. The molecule has 0 aliphatic carbocycles. The quantitative estimate of drug-likeness (QED) is 0.541. The van der Waals surface area contributed by atoms with Gasteiger partial charge < -0.3 is 10.2 Å². The molecule has 1 N–H and O–H groups in total. The summed E-state index contributed by atoms with van der Waals surface area (Å²) in [6.07, 6.45) is 0.979. The zero-order chi connectivity index (χ0) is 10.1. The van der Waals surface area contributed by atoms with Gasteiger partial charge in [-0.15, -0.1) is 11.8 Å². The molecule has 0 spiro atoms. The zero-order valence-electron chi connectivity index (χ0n) is 9.01. The van der Waals surface area contributed by atoms with Crippen molar-refractivity contribution in [3.8, 4) is 11.8 Å². The monoisotopic (exact) mass is 212 g/mol. The topological polar surface area (TPSA) is 15.3 Å². The highest BCUT2D eigenvalue weighted by atomic mass is 32.2. The van der Waals surface area contributed by atoms with Crippen LogP contribution in [-0.2, 0) is 0 Å². The van der Waals surface area contributed by atoms with E-state index < -0.39 is 0 Å². The minimum Gasteiger partial charge on any atom is -0.315 e. The Morgan fingerprint density at radius 2 is 2.07 bits per heavy atom. The summed E-state index contributed by atoms with van der Waals surface area (Å²) in [7, 11) is 0. The molecule has 0 aromatic carbocycles. The fraction of sp³-hybridized carbons (Fsp3) is 0.818. The molecule has 1 aliphatic rings. The molecule has 1 saturated heterocycles. The maximum atomic E-state index is 3.42. The van der Waals surface area contributed by atoms with Crippen LogP contribution in [0.2, 0.25) is 0 Å². The fourth-order valence-electron chi connectivity index (χ4n) is 1.46. The van der Waals surface area contributed by atoms with Crippen LogP contribution < -0.4 is 5.32 Å². The van der Waals surface area contributed by atoms with Crippen molar-refractivity contribution in [1.29, 1.82) is 0 Å². The molecule has 1 heterocycles. The van der Waals surface area contributed by atoms with Gasteiger partial charge in [0.05, 0.1) is 0 Å². The van der Waals surface area contributed by atoms with Gasteiger partial charge in [-0.2, -0.15) is 11.8 Å². The van der Waals surface area contributed by atoms with Crippen molar-refractivity contribution >= 4 is 11.8 Å². The summed E-state index contributed by atoms with van der Waals surface area (Å²) in [5.74, 6) is 8.58. The molecule has 0 atom stereocenters. The van der Waals surface area contributed by atoms with E-state index in [2.05, 4.69) is 33.8 Å². The highest BCUT2D eigenvalue weighted by Gasteiger charge is 2.08. The Labute approximate surface area is 91.8 Å². The number of nitrogens with one attached hydrogen (secondary N) is 1. The molecule has 80 valence electrons. The molecular weight excluding hydrogens is 192 g/mol. The fourth-order valence-corrected chi connectivity index (χ4v) is 2.44. The summed E-state index contributed by atoms with van der Waals surface area (Å²) < 4.78 is 0. The lowest BCUT2D eigenvalue weighted by molar-refractivity contribution is 0.302. The summed E-state index contributed by atoms with van der Waals surface area (Å²) in [5, 5.41) is 3.42. The second-order valence-electron chi connectivity index (χ2n) is 3.38. The Bertz CT molecular complexity index is 189. The molecule has 2 nitrogen and oxygen atoms in total. The van der Waals surface area contributed by atoms with Crippen molar-refractivity contribution in [3.63, 3.8) is 0 Å². The van der Waals surface area contributed by atoms with Crippen LogP contribution in [0.5, 0.6) is 0 Å². The molecule has 0 saturated carbocycles. The number of rotatable bonds is 5. The first-order chi connectivity index (χ1) is 6.93. The molecule has 0 bridgehead atoms. The van der Waals surface area contributed by atoms with Gasteiger partial charge in [-0.1, -0.05) is 0 Å². The van der Waals surface area contributed by atoms with Crippen LogP contribution in [0, 0.1) is 11.8 Å². The largest absolute Gasteiger partial charge is 0.315 e. The molecule has 0 aromatic rings. The normalized spacial score (nSPS) is 17.5. The molecule has 0 unspecified atom stereocenters. The van der Waals surface area contributed by atoms with Gasteiger partial charge in [-0.05, 0) is 6.92 Å². The third-order valence-electron chi connectivity index (χ3n) is 2.31. The average molecular weight is 212 g/mol. The van der Waals surface area contributed by atoms with Gasteiger partial charge in [0.15, 0.2) is 0 Å². The minimum absolute atomic E-state index is 0.979. The zero-order valence-corrected chi connectivity index (χ0v) is 9.83. The van der Waals surface area contributed by atoms with Crippen molar-refractivity contribution in [1.82, 2.24) is 10.2 Å². The Hall–Kier alpha value is -0.170. The third kappa shape index (κ3) is 5.54. The average Bonchev–Trinajstić information content (AvgIpc) is 2.25. The van der Waals surface area contributed by atoms with Gasteiger partial charge in [0.2, 0.25) is 0 Å². The molecule has 3 heteroatoms. The van der Waals surface area contributed by atoms with Gasteiger partial charge in [-0.3, -0.25) is 0 Å². The van der Waals surface area contributed by atoms with Crippen LogP contribution in [0.1, 0.15) is 13.3 Å². The third-order valence-corrected chi connectivity index (χ3v) is 3.25.